The van der Waals surface area contributed by atoms with E-state index >= 15 is 0 Å². The smallest absolute Gasteiger partial charge is 0.261 e. The number of rotatable bonds is 10. The van der Waals surface area contributed by atoms with Gasteiger partial charge in [-0.1, -0.05) is 49.2 Å². The molecule has 2 aromatic rings. The molecule has 5 nitrogen and oxygen atoms in total. The monoisotopic (exact) mass is 430 g/mol. The van der Waals surface area contributed by atoms with Gasteiger partial charge in [-0.05, 0) is 62.1 Å². The molecule has 6 heteroatoms. The second-order valence-electron chi connectivity index (χ2n) is 7.53. The van der Waals surface area contributed by atoms with Crippen LogP contribution in [0.2, 0.25) is 5.02 Å². The van der Waals surface area contributed by atoms with E-state index in [0.29, 0.717) is 17.3 Å². The van der Waals surface area contributed by atoms with E-state index in [4.69, 9.17) is 16.3 Å². The number of aryl methyl sites for hydroxylation is 2. The largest absolute Gasteiger partial charge is 0.483 e. The lowest BCUT2D eigenvalue weighted by Gasteiger charge is -2.29. The number of hydrogen-bond donors (Lipinski definition) is 1. The predicted molar refractivity (Wildman–Crippen MR) is 121 cm³/mol. The Hall–Kier alpha value is -2.53. The predicted octanol–water partition coefficient (Wildman–Crippen LogP) is 4.67. The van der Waals surface area contributed by atoms with Crippen molar-refractivity contribution in [2.45, 2.75) is 53.1 Å². The lowest BCUT2D eigenvalue weighted by Crippen LogP contribution is -2.49. The number of benzene rings is 2. The molecule has 30 heavy (non-hydrogen) atoms. The molecule has 0 aliphatic carbocycles. The zero-order chi connectivity index (χ0) is 22.1. The first-order valence-electron chi connectivity index (χ1n) is 10.3. The van der Waals surface area contributed by atoms with Crippen LogP contribution >= 0.6 is 11.6 Å². The zero-order valence-electron chi connectivity index (χ0n) is 18.2. The summed E-state index contributed by atoms with van der Waals surface area (Å²) in [5.41, 5.74) is 2.87. The molecule has 1 unspecified atom stereocenters. The van der Waals surface area contributed by atoms with Gasteiger partial charge in [0, 0.05) is 18.1 Å². The SMILES string of the molecule is CCCCNC(=O)C(C)N(Cc1cccc(Cl)c1)C(=O)COc1cc(C)ccc1C. The van der Waals surface area contributed by atoms with Crippen molar-refractivity contribution in [2.75, 3.05) is 13.2 Å². The van der Waals surface area contributed by atoms with Crippen LogP contribution in [0.25, 0.3) is 0 Å². The molecule has 162 valence electrons. The maximum absolute atomic E-state index is 13.1. The van der Waals surface area contributed by atoms with Crippen molar-refractivity contribution < 1.29 is 14.3 Å². The molecule has 0 saturated heterocycles. The van der Waals surface area contributed by atoms with Gasteiger partial charge in [0.15, 0.2) is 6.61 Å². The normalized spacial score (nSPS) is 11.6. The lowest BCUT2D eigenvalue weighted by atomic mass is 10.1. The molecule has 2 aromatic carbocycles. The Morgan fingerprint density at radius 1 is 1.17 bits per heavy atom. The Morgan fingerprint density at radius 2 is 1.93 bits per heavy atom. The Bertz CT molecular complexity index is 869. The number of nitrogens with one attached hydrogen (secondary N) is 1. The quantitative estimate of drug-likeness (QED) is 0.557. The molecule has 1 atom stereocenters. The van der Waals surface area contributed by atoms with Crippen molar-refractivity contribution in [3.05, 3.63) is 64.2 Å². The molecule has 0 bridgehead atoms. The molecule has 0 saturated carbocycles. The third-order valence-electron chi connectivity index (χ3n) is 4.93. The van der Waals surface area contributed by atoms with Gasteiger partial charge in [-0.25, -0.2) is 0 Å². The first kappa shape index (κ1) is 23.7. The fourth-order valence-electron chi connectivity index (χ4n) is 3.04. The highest BCUT2D eigenvalue weighted by Crippen LogP contribution is 2.20. The van der Waals surface area contributed by atoms with Gasteiger partial charge in [0.05, 0.1) is 0 Å². The average molecular weight is 431 g/mol. The number of hydrogen-bond acceptors (Lipinski definition) is 3. The minimum absolute atomic E-state index is 0.141. The minimum atomic E-state index is -0.629. The molecular weight excluding hydrogens is 400 g/mol. The molecule has 2 amide bonds. The number of nitrogens with zero attached hydrogens (tertiary/aromatic N) is 1. The van der Waals surface area contributed by atoms with Crippen molar-refractivity contribution in [1.29, 1.82) is 0 Å². The van der Waals surface area contributed by atoms with E-state index in [1.54, 1.807) is 19.1 Å². The summed E-state index contributed by atoms with van der Waals surface area (Å²) in [5.74, 6) is 0.241. The summed E-state index contributed by atoms with van der Waals surface area (Å²) in [6, 6.07) is 12.5. The lowest BCUT2D eigenvalue weighted by molar-refractivity contribution is -0.142. The fraction of sp³-hybridized carbons (Fsp3) is 0.417. The fourth-order valence-corrected chi connectivity index (χ4v) is 3.25. The van der Waals surface area contributed by atoms with Crippen LogP contribution in [0.3, 0.4) is 0 Å². The van der Waals surface area contributed by atoms with Crippen molar-refractivity contribution in [3.8, 4) is 5.75 Å². The first-order valence-corrected chi connectivity index (χ1v) is 10.7. The van der Waals surface area contributed by atoms with Crippen LogP contribution in [0.15, 0.2) is 42.5 Å². The Kier molecular flexibility index (Phi) is 9.18. The van der Waals surface area contributed by atoms with Crippen LogP contribution < -0.4 is 10.1 Å². The molecule has 1 N–H and O–H groups in total. The maximum Gasteiger partial charge on any atom is 0.261 e. The van der Waals surface area contributed by atoms with Crippen LogP contribution in [0, 0.1) is 13.8 Å². The molecule has 0 aliphatic rings. The van der Waals surface area contributed by atoms with Crippen molar-refractivity contribution in [1.82, 2.24) is 10.2 Å². The Balaban J connectivity index is 2.15. The number of carbonyl (C=O) groups is 2. The van der Waals surface area contributed by atoms with E-state index in [0.717, 1.165) is 29.5 Å². The summed E-state index contributed by atoms with van der Waals surface area (Å²) in [7, 11) is 0. The molecule has 0 spiro atoms. The Labute approximate surface area is 184 Å². The van der Waals surface area contributed by atoms with Crippen LogP contribution in [0.4, 0.5) is 0 Å². The van der Waals surface area contributed by atoms with Gasteiger partial charge >= 0.3 is 0 Å². The highest BCUT2D eigenvalue weighted by atomic mass is 35.5. The van der Waals surface area contributed by atoms with Crippen LogP contribution in [0.5, 0.6) is 5.75 Å². The van der Waals surface area contributed by atoms with Crippen molar-refractivity contribution in [2.24, 2.45) is 0 Å². The first-order chi connectivity index (χ1) is 14.3. The average Bonchev–Trinajstić information content (AvgIpc) is 2.72. The van der Waals surface area contributed by atoms with Crippen molar-refractivity contribution >= 4 is 23.4 Å². The third kappa shape index (κ3) is 7.06. The molecule has 0 aliphatic heterocycles. The van der Waals surface area contributed by atoms with Gasteiger partial charge in [-0.15, -0.1) is 0 Å². The summed E-state index contributed by atoms with van der Waals surface area (Å²) >= 11 is 6.10. The summed E-state index contributed by atoms with van der Waals surface area (Å²) in [6.07, 6.45) is 1.89. The van der Waals surface area contributed by atoms with E-state index in [1.165, 1.54) is 4.90 Å². The van der Waals surface area contributed by atoms with E-state index in [1.807, 2.05) is 44.2 Å². The van der Waals surface area contributed by atoms with Crippen LogP contribution in [-0.4, -0.2) is 35.9 Å². The standard InChI is InChI=1S/C24H31ClN2O3/c1-5-6-12-26-24(29)19(4)27(15-20-8-7-9-21(25)14-20)23(28)16-30-22-13-17(2)10-11-18(22)3/h7-11,13-14,19H,5-6,12,15-16H2,1-4H3,(H,26,29). The van der Waals surface area contributed by atoms with E-state index < -0.39 is 6.04 Å². The van der Waals surface area contributed by atoms with E-state index in [2.05, 4.69) is 12.2 Å². The minimum Gasteiger partial charge on any atom is -0.483 e. The summed E-state index contributed by atoms with van der Waals surface area (Å²) < 4.78 is 5.80. The number of unbranched alkanes of at least 4 members (excludes halogenated alkanes) is 1. The molecule has 0 fully saturated rings. The third-order valence-corrected chi connectivity index (χ3v) is 5.17. The van der Waals surface area contributed by atoms with Gasteiger partial charge < -0.3 is 15.0 Å². The van der Waals surface area contributed by atoms with E-state index in [-0.39, 0.29) is 25.0 Å². The molecule has 2 rings (SSSR count). The molecule has 0 radical (unpaired) electrons. The van der Waals surface area contributed by atoms with Gasteiger partial charge in [-0.3, -0.25) is 9.59 Å². The van der Waals surface area contributed by atoms with Gasteiger partial charge in [-0.2, -0.15) is 0 Å². The number of ether oxygens (including phenoxy) is 1. The summed E-state index contributed by atoms with van der Waals surface area (Å²) in [5, 5.41) is 3.50. The summed E-state index contributed by atoms with van der Waals surface area (Å²) in [6.45, 7) is 8.44. The highest BCUT2D eigenvalue weighted by molar-refractivity contribution is 6.30. The second kappa shape index (κ2) is 11.6. The number of amides is 2. The number of halogens is 1. The van der Waals surface area contributed by atoms with Gasteiger partial charge in [0.25, 0.3) is 5.91 Å². The zero-order valence-corrected chi connectivity index (χ0v) is 19.0. The highest BCUT2D eigenvalue weighted by Gasteiger charge is 2.26. The van der Waals surface area contributed by atoms with E-state index in [9.17, 15) is 9.59 Å². The molecular formula is C24H31ClN2O3. The Morgan fingerprint density at radius 3 is 2.63 bits per heavy atom. The van der Waals surface area contributed by atoms with Crippen molar-refractivity contribution in [3.63, 3.8) is 0 Å². The van der Waals surface area contributed by atoms with Crippen LogP contribution in [-0.2, 0) is 16.1 Å². The van der Waals surface area contributed by atoms with Gasteiger partial charge in [0.2, 0.25) is 5.91 Å². The topological polar surface area (TPSA) is 58.6 Å². The van der Waals surface area contributed by atoms with Crippen LogP contribution in [0.1, 0.15) is 43.4 Å². The number of carbonyl (C=O) groups excluding carboxylic acids is 2. The van der Waals surface area contributed by atoms with Gasteiger partial charge in [0.1, 0.15) is 11.8 Å². The summed E-state index contributed by atoms with van der Waals surface area (Å²) in [4.78, 5) is 27.2. The molecule has 0 aromatic heterocycles. The second-order valence-corrected chi connectivity index (χ2v) is 7.97. The maximum atomic E-state index is 13.1. The molecule has 0 heterocycles.